The maximum absolute atomic E-state index is 12.8. The average molecular weight is 392 g/mol. The van der Waals surface area contributed by atoms with Gasteiger partial charge in [0, 0.05) is 24.6 Å². The Balaban J connectivity index is 1.36. The summed E-state index contributed by atoms with van der Waals surface area (Å²) in [6.45, 7) is 0. The van der Waals surface area contributed by atoms with Crippen LogP contribution in [-0.4, -0.2) is 38.3 Å². The minimum absolute atomic E-state index is 0.00490. The number of nitriles is 1. The quantitative estimate of drug-likeness (QED) is 0.694. The van der Waals surface area contributed by atoms with Crippen LogP contribution >= 0.6 is 11.6 Å². The molecule has 0 radical (unpaired) electrons. The number of rotatable bonds is 3. The minimum atomic E-state index is -0.183. The van der Waals surface area contributed by atoms with Crippen LogP contribution in [0.4, 0.5) is 0 Å². The van der Waals surface area contributed by atoms with E-state index in [1.54, 1.807) is 12.3 Å². The van der Waals surface area contributed by atoms with Crippen molar-refractivity contribution in [3.63, 3.8) is 0 Å². The number of aromatic nitrogens is 2. The van der Waals surface area contributed by atoms with Crippen molar-refractivity contribution in [1.29, 1.82) is 5.26 Å². The fraction of sp³-hybridized carbons (Fsp3) is 0.286. The topological polar surface area (TPSA) is 73.4 Å². The fourth-order valence-electron chi connectivity index (χ4n) is 4.52. The lowest BCUT2D eigenvalue weighted by Crippen LogP contribution is -2.43. The van der Waals surface area contributed by atoms with Crippen LogP contribution in [-0.2, 0) is 0 Å². The van der Waals surface area contributed by atoms with Gasteiger partial charge in [0.25, 0.3) is 5.91 Å². The highest BCUT2D eigenvalue weighted by Crippen LogP contribution is 2.37. The van der Waals surface area contributed by atoms with Gasteiger partial charge in [0.05, 0.1) is 22.7 Å². The van der Waals surface area contributed by atoms with Crippen molar-refractivity contribution in [3.8, 4) is 17.3 Å². The number of carbonyl (C=O) groups excluding carboxylic acids is 1. The standard InChI is InChI=1S/C21H18ClN5O/c22-17-9-13(14-2-6-20-24-7-8-26(20)11-14)1-4-16(17)21(28)25-18-10-15-3-5-19(18)27(15)12-23/h1-2,4,6-9,11,15,18-19H,3,5,10H2,(H,25,28)/t15-,18+,19+/m0/s1. The Morgan fingerprint density at radius 1 is 1.25 bits per heavy atom. The molecule has 2 bridgehead atoms. The SMILES string of the molecule is N#CN1[C@H]2CC[C@@H]1[C@H](NC(=O)c1ccc(-c3ccc4nccn4c3)cc1Cl)C2. The van der Waals surface area contributed by atoms with Gasteiger partial charge in [-0.1, -0.05) is 17.7 Å². The van der Waals surface area contributed by atoms with Crippen LogP contribution in [0.25, 0.3) is 16.8 Å². The second kappa shape index (κ2) is 6.54. The molecule has 0 aliphatic carbocycles. The average Bonchev–Trinajstić information content (AvgIpc) is 3.40. The first-order chi connectivity index (χ1) is 13.6. The van der Waals surface area contributed by atoms with Crippen molar-refractivity contribution < 1.29 is 4.79 Å². The molecule has 3 atom stereocenters. The largest absolute Gasteiger partial charge is 0.347 e. The third-order valence-corrected chi connectivity index (χ3v) is 6.22. The van der Waals surface area contributed by atoms with Crippen LogP contribution in [0.5, 0.6) is 0 Å². The van der Waals surface area contributed by atoms with Crippen LogP contribution in [0.15, 0.2) is 48.9 Å². The van der Waals surface area contributed by atoms with Gasteiger partial charge in [-0.2, -0.15) is 5.26 Å². The number of hydrogen-bond acceptors (Lipinski definition) is 4. The Hall–Kier alpha value is -3.04. The number of imidazole rings is 1. The number of hydrogen-bond donors (Lipinski definition) is 1. The number of pyridine rings is 1. The Morgan fingerprint density at radius 3 is 2.89 bits per heavy atom. The van der Waals surface area contributed by atoms with E-state index in [-0.39, 0.29) is 24.0 Å². The molecule has 4 heterocycles. The summed E-state index contributed by atoms with van der Waals surface area (Å²) in [4.78, 5) is 18.9. The summed E-state index contributed by atoms with van der Waals surface area (Å²) in [6.07, 6.45) is 10.7. The molecule has 7 heteroatoms. The van der Waals surface area contributed by atoms with Gasteiger partial charge >= 0.3 is 0 Å². The lowest BCUT2D eigenvalue weighted by atomic mass is 9.95. The Morgan fingerprint density at radius 2 is 2.11 bits per heavy atom. The van der Waals surface area contributed by atoms with Gasteiger partial charge in [0.15, 0.2) is 6.19 Å². The van der Waals surface area contributed by atoms with E-state index in [1.165, 1.54) is 0 Å². The van der Waals surface area contributed by atoms with E-state index in [0.29, 0.717) is 10.6 Å². The number of nitrogens with zero attached hydrogens (tertiary/aromatic N) is 4. The summed E-state index contributed by atoms with van der Waals surface area (Å²) in [5.74, 6) is -0.183. The molecule has 3 aromatic rings. The van der Waals surface area contributed by atoms with Gasteiger partial charge in [0.1, 0.15) is 5.65 Å². The summed E-state index contributed by atoms with van der Waals surface area (Å²) in [6, 6.07) is 9.79. The van der Waals surface area contributed by atoms with Gasteiger partial charge in [-0.3, -0.25) is 4.79 Å². The van der Waals surface area contributed by atoms with Gasteiger partial charge in [-0.15, -0.1) is 0 Å². The molecule has 28 heavy (non-hydrogen) atoms. The highest BCUT2D eigenvalue weighted by atomic mass is 35.5. The van der Waals surface area contributed by atoms with E-state index in [2.05, 4.69) is 16.5 Å². The normalized spacial score (nSPS) is 23.1. The molecule has 0 saturated carbocycles. The van der Waals surface area contributed by atoms with Crippen molar-refractivity contribution in [2.45, 2.75) is 37.4 Å². The maximum Gasteiger partial charge on any atom is 0.253 e. The third-order valence-electron chi connectivity index (χ3n) is 5.90. The summed E-state index contributed by atoms with van der Waals surface area (Å²) in [7, 11) is 0. The van der Waals surface area contributed by atoms with Crippen LogP contribution in [0.3, 0.4) is 0 Å². The zero-order valence-corrected chi connectivity index (χ0v) is 15.8. The minimum Gasteiger partial charge on any atom is -0.347 e. The predicted octanol–water partition coefficient (Wildman–Crippen LogP) is 3.47. The highest BCUT2D eigenvalue weighted by molar-refractivity contribution is 6.34. The van der Waals surface area contributed by atoms with Crippen LogP contribution < -0.4 is 5.32 Å². The molecule has 2 aromatic heterocycles. The smallest absolute Gasteiger partial charge is 0.253 e. The Kier molecular flexibility index (Phi) is 3.99. The Bertz CT molecular complexity index is 1120. The molecule has 0 unspecified atom stereocenters. The molecule has 5 rings (SSSR count). The van der Waals surface area contributed by atoms with E-state index in [0.717, 1.165) is 36.0 Å². The molecule has 1 N–H and O–H groups in total. The second-order valence-corrected chi connectivity index (χ2v) is 7.83. The zero-order chi connectivity index (χ0) is 19.3. The lowest BCUT2D eigenvalue weighted by molar-refractivity contribution is 0.0928. The molecule has 2 saturated heterocycles. The first kappa shape index (κ1) is 17.1. The van der Waals surface area contributed by atoms with Crippen molar-refractivity contribution in [1.82, 2.24) is 19.6 Å². The summed E-state index contributed by atoms with van der Waals surface area (Å²) < 4.78 is 1.94. The fourth-order valence-corrected chi connectivity index (χ4v) is 4.78. The molecular formula is C21H18ClN5O. The molecule has 2 fully saturated rings. The molecule has 6 nitrogen and oxygen atoms in total. The second-order valence-electron chi connectivity index (χ2n) is 7.43. The molecule has 2 aliphatic rings. The van der Waals surface area contributed by atoms with Crippen LogP contribution in [0, 0.1) is 11.5 Å². The van der Waals surface area contributed by atoms with E-state index in [4.69, 9.17) is 11.6 Å². The molecule has 0 spiro atoms. The first-order valence-electron chi connectivity index (χ1n) is 9.35. The first-order valence-corrected chi connectivity index (χ1v) is 9.73. The summed E-state index contributed by atoms with van der Waals surface area (Å²) >= 11 is 6.45. The summed E-state index contributed by atoms with van der Waals surface area (Å²) in [5, 5.41) is 12.8. The lowest BCUT2D eigenvalue weighted by Gasteiger charge is -2.22. The number of nitrogens with one attached hydrogen (secondary N) is 1. The molecular weight excluding hydrogens is 374 g/mol. The van der Waals surface area contributed by atoms with E-state index in [9.17, 15) is 10.1 Å². The number of benzene rings is 1. The van der Waals surface area contributed by atoms with Gasteiger partial charge < -0.3 is 14.6 Å². The molecule has 140 valence electrons. The Labute approximate surface area is 167 Å². The maximum atomic E-state index is 12.8. The summed E-state index contributed by atoms with van der Waals surface area (Å²) in [5.41, 5.74) is 3.27. The third kappa shape index (κ3) is 2.71. The van der Waals surface area contributed by atoms with Gasteiger partial charge in [-0.25, -0.2) is 4.98 Å². The molecule has 1 amide bonds. The van der Waals surface area contributed by atoms with E-state index in [1.807, 2.05) is 46.0 Å². The van der Waals surface area contributed by atoms with Crippen molar-refractivity contribution in [3.05, 3.63) is 59.5 Å². The molecule has 2 aliphatic heterocycles. The highest BCUT2D eigenvalue weighted by Gasteiger charge is 2.46. The van der Waals surface area contributed by atoms with Crippen LogP contribution in [0.2, 0.25) is 5.02 Å². The van der Waals surface area contributed by atoms with Crippen molar-refractivity contribution in [2.24, 2.45) is 0 Å². The molecule has 1 aromatic carbocycles. The number of halogens is 1. The van der Waals surface area contributed by atoms with Crippen LogP contribution in [0.1, 0.15) is 29.6 Å². The van der Waals surface area contributed by atoms with Gasteiger partial charge in [-0.05, 0) is 54.7 Å². The predicted molar refractivity (Wildman–Crippen MR) is 106 cm³/mol. The van der Waals surface area contributed by atoms with Crippen molar-refractivity contribution >= 4 is 23.2 Å². The number of carbonyl (C=O) groups is 1. The van der Waals surface area contributed by atoms with Gasteiger partial charge in [0.2, 0.25) is 0 Å². The number of fused-ring (bicyclic) bond motifs is 3. The monoisotopic (exact) mass is 391 g/mol. The zero-order valence-electron chi connectivity index (χ0n) is 15.0. The number of amides is 1. The van der Waals surface area contributed by atoms with E-state index < -0.39 is 0 Å². The van der Waals surface area contributed by atoms with Crippen molar-refractivity contribution in [2.75, 3.05) is 0 Å². The van der Waals surface area contributed by atoms with E-state index >= 15 is 0 Å².